The van der Waals surface area contributed by atoms with Crippen LogP contribution in [-0.4, -0.2) is 5.11 Å². The minimum atomic E-state index is -1.47. The highest BCUT2D eigenvalue weighted by atomic mass is 19.1. The van der Waals surface area contributed by atoms with Gasteiger partial charge in [-0.1, -0.05) is 13.0 Å². The molecule has 4 heteroatoms. The van der Waals surface area contributed by atoms with Crippen molar-refractivity contribution in [3.8, 4) is 6.07 Å². The van der Waals surface area contributed by atoms with E-state index in [1.807, 2.05) is 6.07 Å². The molecule has 86 valence electrons. The summed E-state index contributed by atoms with van der Waals surface area (Å²) in [7, 11) is 0. The fourth-order valence-corrected chi connectivity index (χ4v) is 1.42. The zero-order chi connectivity index (χ0) is 12.3. The van der Waals surface area contributed by atoms with Gasteiger partial charge in [-0.25, -0.2) is 8.78 Å². The normalized spacial score (nSPS) is 16.2. The smallest absolute Gasteiger partial charge is 0.132 e. The summed E-state index contributed by atoms with van der Waals surface area (Å²) in [6, 6.07) is 5.25. The molecule has 0 saturated heterocycles. The van der Waals surface area contributed by atoms with Crippen LogP contribution in [0.4, 0.5) is 8.78 Å². The number of hydrogen-bond acceptors (Lipinski definition) is 2. The SMILES string of the molecule is CCC(C)(C#N)C(O)c1c(F)cccc1F. The first kappa shape index (κ1) is 12.6. The predicted octanol–water partition coefficient (Wildman–Crippen LogP) is 2.94. The monoisotopic (exact) mass is 225 g/mol. The first-order valence-electron chi connectivity index (χ1n) is 4.99. The Morgan fingerprint density at radius 3 is 2.31 bits per heavy atom. The second-order valence-electron chi connectivity index (χ2n) is 3.92. The summed E-state index contributed by atoms with van der Waals surface area (Å²) < 4.78 is 26.8. The van der Waals surface area contributed by atoms with Crippen LogP contribution in [0.25, 0.3) is 0 Å². The van der Waals surface area contributed by atoms with E-state index in [0.29, 0.717) is 6.42 Å². The summed E-state index contributed by atoms with van der Waals surface area (Å²) >= 11 is 0. The van der Waals surface area contributed by atoms with Gasteiger partial charge in [-0.2, -0.15) is 5.26 Å². The van der Waals surface area contributed by atoms with Crippen molar-refractivity contribution < 1.29 is 13.9 Å². The Labute approximate surface area is 93.1 Å². The number of aliphatic hydroxyl groups is 1. The van der Waals surface area contributed by atoms with Crippen LogP contribution in [0.1, 0.15) is 31.9 Å². The summed E-state index contributed by atoms with van der Waals surface area (Å²) in [5.74, 6) is -1.66. The number of nitriles is 1. The molecular weight excluding hydrogens is 212 g/mol. The van der Waals surface area contributed by atoms with Gasteiger partial charge in [0.2, 0.25) is 0 Å². The van der Waals surface area contributed by atoms with Gasteiger partial charge < -0.3 is 5.11 Å². The van der Waals surface area contributed by atoms with Gasteiger partial charge in [-0.15, -0.1) is 0 Å². The lowest BCUT2D eigenvalue weighted by atomic mass is 9.79. The van der Waals surface area contributed by atoms with Crippen LogP contribution in [0.2, 0.25) is 0 Å². The molecule has 0 aliphatic carbocycles. The molecule has 16 heavy (non-hydrogen) atoms. The van der Waals surface area contributed by atoms with E-state index in [0.717, 1.165) is 12.1 Å². The zero-order valence-electron chi connectivity index (χ0n) is 9.17. The molecular formula is C12H13F2NO. The van der Waals surface area contributed by atoms with E-state index in [1.165, 1.54) is 13.0 Å². The van der Waals surface area contributed by atoms with Gasteiger partial charge in [0.05, 0.1) is 17.0 Å². The summed E-state index contributed by atoms with van der Waals surface area (Å²) in [5.41, 5.74) is -1.63. The molecule has 1 rings (SSSR count). The Balaban J connectivity index is 3.25. The van der Waals surface area contributed by atoms with E-state index in [9.17, 15) is 13.9 Å². The first-order chi connectivity index (χ1) is 7.46. The third-order valence-corrected chi connectivity index (χ3v) is 2.87. The van der Waals surface area contributed by atoms with Gasteiger partial charge in [0.25, 0.3) is 0 Å². The molecule has 2 atom stereocenters. The van der Waals surface area contributed by atoms with Gasteiger partial charge >= 0.3 is 0 Å². The van der Waals surface area contributed by atoms with Crippen LogP contribution < -0.4 is 0 Å². The van der Waals surface area contributed by atoms with Crippen molar-refractivity contribution >= 4 is 0 Å². The van der Waals surface area contributed by atoms with Gasteiger partial charge in [-0.05, 0) is 25.5 Å². The summed E-state index contributed by atoms with van der Waals surface area (Å²) in [6.45, 7) is 3.16. The fraction of sp³-hybridized carbons (Fsp3) is 0.417. The summed E-state index contributed by atoms with van der Waals surface area (Å²) in [6.07, 6.45) is -1.16. The van der Waals surface area contributed by atoms with Gasteiger partial charge in [0.15, 0.2) is 0 Å². The van der Waals surface area contributed by atoms with Crippen molar-refractivity contribution in [1.29, 1.82) is 5.26 Å². The van der Waals surface area contributed by atoms with Crippen LogP contribution in [0.15, 0.2) is 18.2 Å². The van der Waals surface area contributed by atoms with Crippen molar-refractivity contribution in [1.82, 2.24) is 0 Å². The van der Waals surface area contributed by atoms with Crippen molar-refractivity contribution in [3.05, 3.63) is 35.4 Å². The average Bonchev–Trinajstić information content (AvgIpc) is 2.27. The highest BCUT2D eigenvalue weighted by Crippen LogP contribution is 2.38. The van der Waals surface area contributed by atoms with E-state index in [2.05, 4.69) is 0 Å². The van der Waals surface area contributed by atoms with E-state index in [1.54, 1.807) is 6.92 Å². The van der Waals surface area contributed by atoms with Crippen LogP contribution in [0.5, 0.6) is 0 Å². The lowest BCUT2D eigenvalue weighted by molar-refractivity contribution is 0.0654. The molecule has 0 amide bonds. The molecule has 0 bridgehead atoms. The number of halogens is 2. The lowest BCUT2D eigenvalue weighted by Gasteiger charge is -2.26. The maximum Gasteiger partial charge on any atom is 0.132 e. The number of benzene rings is 1. The van der Waals surface area contributed by atoms with Gasteiger partial charge in [-0.3, -0.25) is 0 Å². The first-order valence-corrected chi connectivity index (χ1v) is 4.99. The van der Waals surface area contributed by atoms with E-state index < -0.39 is 28.7 Å². The molecule has 0 radical (unpaired) electrons. The molecule has 0 aliphatic rings. The maximum atomic E-state index is 13.4. The average molecular weight is 225 g/mol. The Morgan fingerprint density at radius 1 is 1.44 bits per heavy atom. The van der Waals surface area contributed by atoms with Crippen LogP contribution >= 0.6 is 0 Å². The van der Waals surface area contributed by atoms with Crippen molar-refractivity contribution in [2.75, 3.05) is 0 Å². The van der Waals surface area contributed by atoms with E-state index in [4.69, 9.17) is 5.26 Å². The van der Waals surface area contributed by atoms with Crippen LogP contribution in [-0.2, 0) is 0 Å². The van der Waals surface area contributed by atoms with Crippen LogP contribution in [0, 0.1) is 28.4 Å². The Bertz CT molecular complexity index is 407. The third-order valence-electron chi connectivity index (χ3n) is 2.87. The van der Waals surface area contributed by atoms with Gasteiger partial charge in [0, 0.05) is 0 Å². The Hall–Kier alpha value is -1.47. The molecule has 0 fully saturated rings. The molecule has 0 heterocycles. The second-order valence-corrected chi connectivity index (χ2v) is 3.92. The number of rotatable bonds is 3. The quantitative estimate of drug-likeness (QED) is 0.859. The third kappa shape index (κ3) is 2.05. The lowest BCUT2D eigenvalue weighted by Crippen LogP contribution is -2.24. The molecule has 1 aromatic rings. The second kappa shape index (κ2) is 4.58. The van der Waals surface area contributed by atoms with Crippen LogP contribution in [0.3, 0.4) is 0 Å². The predicted molar refractivity (Wildman–Crippen MR) is 55.3 cm³/mol. The maximum absolute atomic E-state index is 13.4. The Morgan fingerprint density at radius 2 is 1.94 bits per heavy atom. The molecule has 0 aromatic heterocycles. The molecule has 0 spiro atoms. The molecule has 2 nitrogen and oxygen atoms in total. The van der Waals surface area contributed by atoms with Crippen molar-refractivity contribution in [2.45, 2.75) is 26.4 Å². The highest BCUT2D eigenvalue weighted by Gasteiger charge is 2.35. The zero-order valence-corrected chi connectivity index (χ0v) is 9.17. The molecule has 1 aromatic carbocycles. The van der Waals surface area contributed by atoms with Crippen molar-refractivity contribution in [2.24, 2.45) is 5.41 Å². The van der Waals surface area contributed by atoms with E-state index in [-0.39, 0.29) is 0 Å². The largest absolute Gasteiger partial charge is 0.387 e. The fourth-order valence-electron chi connectivity index (χ4n) is 1.42. The minimum absolute atomic E-state index is 0.304. The van der Waals surface area contributed by atoms with Gasteiger partial charge in [0.1, 0.15) is 17.7 Å². The van der Waals surface area contributed by atoms with Crippen molar-refractivity contribution in [3.63, 3.8) is 0 Å². The number of hydrogen-bond donors (Lipinski definition) is 1. The summed E-state index contributed by atoms with van der Waals surface area (Å²) in [4.78, 5) is 0. The highest BCUT2D eigenvalue weighted by molar-refractivity contribution is 5.25. The standard InChI is InChI=1S/C12H13F2NO/c1-3-12(2,7-15)11(16)10-8(13)5-4-6-9(10)14/h4-6,11,16H,3H2,1-2H3. The number of aliphatic hydroxyl groups excluding tert-OH is 1. The van der Waals surface area contributed by atoms with E-state index >= 15 is 0 Å². The Kier molecular flexibility index (Phi) is 3.61. The summed E-state index contributed by atoms with van der Waals surface area (Å²) in [5, 5.41) is 18.8. The molecule has 1 N–H and O–H groups in total. The topological polar surface area (TPSA) is 44.0 Å². The molecule has 0 saturated carbocycles. The molecule has 0 aliphatic heterocycles. The number of nitrogens with zero attached hydrogens (tertiary/aromatic N) is 1. The molecule has 2 unspecified atom stereocenters. The minimum Gasteiger partial charge on any atom is -0.387 e.